The molecule has 7 nitrogen and oxygen atoms in total. The molecular formula is C18H23ClN4O3. The third-order valence-electron chi connectivity index (χ3n) is 4.19. The Morgan fingerprint density at radius 2 is 1.85 bits per heavy atom. The van der Waals surface area contributed by atoms with Crippen molar-refractivity contribution >= 4 is 17.3 Å². The highest BCUT2D eigenvalue weighted by molar-refractivity contribution is 6.30. The quantitative estimate of drug-likeness (QED) is 0.721. The summed E-state index contributed by atoms with van der Waals surface area (Å²) in [5, 5.41) is 11.1. The average Bonchev–Trinajstić information content (AvgIpc) is 2.60. The molecule has 26 heavy (non-hydrogen) atoms. The molecule has 1 aromatic carbocycles. The first-order chi connectivity index (χ1) is 12.4. The maximum Gasteiger partial charge on any atom is 0.335 e. The number of aromatic amines is 1. The van der Waals surface area contributed by atoms with Crippen molar-refractivity contribution in [1.29, 1.82) is 0 Å². The van der Waals surface area contributed by atoms with Crippen molar-refractivity contribution in [2.45, 2.75) is 20.8 Å². The lowest BCUT2D eigenvalue weighted by Gasteiger charge is -2.16. The summed E-state index contributed by atoms with van der Waals surface area (Å²) in [6, 6.07) is 6.36. The summed E-state index contributed by atoms with van der Waals surface area (Å²) >= 11 is 5.86. The Bertz CT molecular complexity index is 896. The molecule has 140 valence electrons. The van der Waals surface area contributed by atoms with E-state index in [0.717, 1.165) is 24.2 Å². The molecule has 1 heterocycles. The maximum atomic E-state index is 12.2. The van der Waals surface area contributed by atoms with Gasteiger partial charge in [0.25, 0.3) is 5.56 Å². The molecule has 8 heteroatoms. The van der Waals surface area contributed by atoms with Crippen LogP contribution in [0.1, 0.15) is 26.3 Å². The largest absolute Gasteiger partial charge is 0.493 e. The van der Waals surface area contributed by atoms with Gasteiger partial charge in [-0.25, -0.2) is 9.36 Å². The Kier molecular flexibility index (Phi) is 6.76. The fourth-order valence-corrected chi connectivity index (χ4v) is 2.78. The average molecular weight is 379 g/mol. The van der Waals surface area contributed by atoms with E-state index in [2.05, 4.69) is 28.7 Å². The standard InChI is InChI=1S/C18H23ClN4O3/c1-4-22(5-2)11-10-20-12(3)15-16(24)21-18(26)23(17(15)25)14-8-6-13(19)7-9-14/h6-9,25H,4-5,10-11H2,1-3H3,(H,21,24,26). The summed E-state index contributed by atoms with van der Waals surface area (Å²) in [6.07, 6.45) is 0. The molecule has 0 aliphatic heterocycles. The molecule has 0 amide bonds. The Balaban J connectivity index is 2.43. The van der Waals surface area contributed by atoms with Gasteiger partial charge in [0.05, 0.1) is 12.2 Å². The third-order valence-corrected chi connectivity index (χ3v) is 4.44. The van der Waals surface area contributed by atoms with Crippen LogP contribution in [0.2, 0.25) is 5.02 Å². The predicted molar refractivity (Wildman–Crippen MR) is 104 cm³/mol. The van der Waals surface area contributed by atoms with E-state index in [-0.39, 0.29) is 5.56 Å². The van der Waals surface area contributed by atoms with Crippen LogP contribution in [0.15, 0.2) is 38.8 Å². The Labute approximate surface area is 156 Å². The molecule has 0 spiro atoms. The summed E-state index contributed by atoms with van der Waals surface area (Å²) in [4.78, 5) is 33.2. The van der Waals surface area contributed by atoms with Gasteiger partial charge in [-0.3, -0.25) is 14.8 Å². The smallest absolute Gasteiger partial charge is 0.335 e. The zero-order valence-electron chi connectivity index (χ0n) is 15.1. The molecule has 0 radical (unpaired) electrons. The number of likely N-dealkylation sites (N-methyl/N-ethyl adjacent to an activating group) is 1. The molecule has 1 aromatic heterocycles. The van der Waals surface area contributed by atoms with Crippen molar-refractivity contribution in [2.75, 3.05) is 26.2 Å². The molecule has 0 aliphatic carbocycles. The van der Waals surface area contributed by atoms with Gasteiger partial charge in [0, 0.05) is 17.3 Å². The highest BCUT2D eigenvalue weighted by Crippen LogP contribution is 2.19. The molecule has 0 fully saturated rings. The number of rotatable bonds is 7. The van der Waals surface area contributed by atoms with E-state index in [1.807, 2.05) is 0 Å². The Hall–Kier alpha value is -2.38. The topological polar surface area (TPSA) is 90.7 Å². The minimum atomic E-state index is -0.727. The number of halogens is 1. The van der Waals surface area contributed by atoms with Crippen molar-refractivity contribution in [3.05, 3.63) is 55.7 Å². The third kappa shape index (κ3) is 4.42. The Morgan fingerprint density at radius 1 is 1.23 bits per heavy atom. The van der Waals surface area contributed by atoms with E-state index in [0.29, 0.717) is 23.0 Å². The van der Waals surface area contributed by atoms with Crippen LogP contribution in [-0.2, 0) is 0 Å². The van der Waals surface area contributed by atoms with Crippen LogP contribution in [0.25, 0.3) is 5.69 Å². The number of nitrogens with one attached hydrogen (secondary N) is 1. The number of aromatic hydroxyl groups is 1. The minimum absolute atomic E-state index is 0.0147. The van der Waals surface area contributed by atoms with Gasteiger partial charge in [-0.2, -0.15) is 0 Å². The highest BCUT2D eigenvalue weighted by Gasteiger charge is 2.17. The number of nitrogens with zero attached hydrogens (tertiary/aromatic N) is 3. The monoisotopic (exact) mass is 378 g/mol. The van der Waals surface area contributed by atoms with E-state index in [1.54, 1.807) is 31.2 Å². The van der Waals surface area contributed by atoms with Gasteiger partial charge in [-0.15, -0.1) is 0 Å². The van der Waals surface area contributed by atoms with Crippen molar-refractivity contribution in [1.82, 2.24) is 14.5 Å². The molecule has 2 rings (SSSR count). The zero-order valence-corrected chi connectivity index (χ0v) is 15.9. The number of aliphatic imine (C=N–C) groups is 1. The fraction of sp³-hybridized carbons (Fsp3) is 0.389. The SMILES string of the molecule is CCN(CC)CCN=C(C)c1c(O)n(-c2ccc(Cl)cc2)c(=O)[nH]c1=O. The molecule has 0 saturated heterocycles. The van der Waals surface area contributed by atoms with Crippen molar-refractivity contribution in [3.8, 4) is 11.6 Å². The molecular weight excluding hydrogens is 356 g/mol. The first-order valence-corrected chi connectivity index (χ1v) is 8.84. The summed E-state index contributed by atoms with van der Waals surface area (Å²) in [5.74, 6) is -0.440. The van der Waals surface area contributed by atoms with Crippen molar-refractivity contribution < 1.29 is 5.11 Å². The number of H-pyrrole nitrogens is 1. The van der Waals surface area contributed by atoms with Crippen LogP contribution in [0, 0.1) is 0 Å². The van der Waals surface area contributed by atoms with E-state index in [4.69, 9.17) is 11.6 Å². The van der Waals surface area contributed by atoms with Gasteiger partial charge < -0.3 is 10.0 Å². The first kappa shape index (κ1) is 19.9. The second-order valence-electron chi connectivity index (χ2n) is 5.76. The summed E-state index contributed by atoms with van der Waals surface area (Å²) in [7, 11) is 0. The second-order valence-corrected chi connectivity index (χ2v) is 6.20. The first-order valence-electron chi connectivity index (χ1n) is 8.47. The van der Waals surface area contributed by atoms with Crippen LogP contribution in [0.4, 0.5) is 0 Å². The molecule has 0 atom stereocenters. The molecule has 0 unspecified atom stereocenters. The van der Waals surface area contributed by atoms with Crippen molar-refractivity contribution in [2.24, 2.45) is 4.99 Å². The number of aromatic nitrogens is 2. The summed E-state index contributed by atoms with van der Waals surface area (Å²) in [5.41, 5.74) is -0.639. The number of hydrogen-bond acceptors (Lipinski definition) is 5. The van der Waals surface area contributed by atoms with Gasteiger partial charge in [0.15, 0.2) is 0 Å². The molecule has 2 N–H and O–H groups in total. The Morgan fingerprint density at radius 3 is 2.42 bits per heavy atom. The van der Waals surface area contributed by atoms with Crippen LogP contribution >= 0.6 is 11.6 Å². The predicted octanol–water partition coefficient (Wildman–Crippen LogP) is 2.04. The zero-order chi connectivity index (χ0) is 19.3. The van der Waals surface area contributed by atoms with Crippen LogP contribution < -0.4 is 11.2 Å². The van der Waals surface area contributed by atoms with Crippen LogP contribution in [0.5, 0.6) is 5.88 Å². The molecule has 0 aliphatic rings. The number of benzene rings is 1. The minimum Gasteiger partial charge on any atom is -0.493 e. The number of hydrogen-bond donors (Lipinski definition) is 2. The van der Waals surface area contributed by atoms with Gasteiger partial charge in [0.2, 0.25) is 5.88 Å². The molecule has 0 saturated carbocycles. The van der Waals surface area contributed by atoms with Gasteiger partial charge in [-0.05, 0) is 44.3 Å². The van der Waals surface area contributed by atoms with E-state index in [9.17, 15) is 14.7 Å². The fourth-order valence-electron chi connectivity index (χ4n) is 2.66. The lowest BCUT2D eigenvalue weighted by molar-refractivity contribution is 0.313. The second kappa shape index (κ2) is 8.82. The molecule has 2 aromatic rings. The van der Waals surface area contributed by atoms with E-state index in [1.165, 1.54) is 0 Å². The maximum absolute atomic E-state index is 12.2. The van der Waals surface area contributed by atoms with Gasteiger partial charge >= 0.3 is 5.69 Å². The highest BCUT2D eigenvalue weighted by atomic mass is 35.5. The lowest BCUT2D eigenvalue weighted by Crippen LogP contribution is -2.33. The van der Waals surface area contributed by atoms with Gasteiger partial charge in [-0.1, -0.05) is 25.4 Å². The van der Waals surface area contributed by atoms with E-state index < -0.39 is 17.1 Å². The summed E-state index contributed by atoms with van der Waals surface area (Å²) < 4.78 is 1.02. The van der Waals surface area contributed by atoms with Gasteiger partial charge in [0.1, 0.15) is 5.56 Å². The molecule has 0 bridgehead atoms. The van der Waals surface area contributed by atoms with Crippen molar-refractivity contribution in [3.63, 3.8) is 0 Å². The summed E-state index contributed by atoms with van der Waals surface area (Å²) in [6.45, 7) is 8.85. The van der Waals surface area contributed by atoms with E-state index >= 15 is 0 Å². The van der Waals surface area contributed by atoms with Crippen LogP contribution in [0.3, 0.4) is 0 Å². The van der Waals surface area contributed by atoms with Crippen LogP contribution in [-0.4, -0.2) is 51.4 Å². The normalized spacial score (nSPS) is 12.0. The lowest BCUT2D eigenvalue weighted by atomic mass is 10.2.